The van der Waals surface area contributed by atoms with Crippen molar-refractivity contribution in [2.24, 2.45) is 5.92 Å². The summed E-state index contributed by atoms with van der Waals surface area (Å²) in [5, 5.41) is 9.66. The predicted octanol–water partition coefficient (Wildman–Crippen LogP) is 3.26. The van der Waals surface area contributed by atoms with E-state index >= 15 is 0 Å². The first-order chi connectivity index (χ1) is 10.1. The van der Waals surface area contributed by atoms with E-state index in [0.29, 0.717) is 23.9 Å². The van der Waals surface area contributed by atoms with Crippen molar-refractivity contribution in [3.8, 4) is 5.75 Å². The van der Waals surface area contributed by atoms with Gasteiger partial charge in [0.05, 0.1) is 6.61 Å². The van der Waals surface area contributed by atoms with E-state index in [0.717, 1.165) is 17.9 Å². The number of amides is 1. The fourth-order valence-electron chi connectivity index (χ4n) is 1.76. The number of nitrogens with zero attached hydrogens (tertiary/aromatic N) is 1. The summed E-state index contributed by atoms with van der Waals surface area (Å²) >= 11 is 0. The van der Waals surface area contributed by atoms with Gasteiger partial charge in [0.1, 0.15) is 5.75 Å². The number of carbonyl (C=O) groups is 1. The molecule has 1 heterocycles. The van der Waals surface area contributed by atoms with Gasteiger partial charge in [-0.3, -0.25) is 9.89 Å². The molecule has 0 bridgehead atoms. The van der Waals surface area contributed by atoms with Gasteiger partial charge < -0.3 is 10.1 Å². The van der Waals surface area contributed by atoms with Crippen molar-refractivity contribution >= 4 is 11.7 Å². The minimum Gasteiger partial charge on any atom is -0.493 e. The van der Waals surface area contributed by atoms with Gasteiger partial charge in [0, 0.05) is 17.3 Å². The van der Waals surface area contributed by atoms with Crippen LogP contribution in [0.4, 0.5) is 5.82 Å². The van der Waals surface area contributed by atoms with Gasteiger partial charge in [-0.1, -0.05) is 20.8 Å². The number of benzene rings is 1. The Hall–Kier alpha value is -2.30. The van der Waals surface area contributed by atoms with Crippen LogP contribution in [0.2, 0.25) is 0 Å². The molecule has 1 amide bonds. The van der Waals surface area contributed by atoms with E-state index in [9.17, 15) is 4.79 Å². The summed E-state index contributed by atoms with van der Waals surface area (Å²) in [6.07, 6.45) is 0.852. The molecular formula is C16H21N3O2. The zero-order chi connectivity index (χ0) is 15.2. The number of hydrogen-bond donors (Lipinski definition) is 2. The van der Waals surface area contributed by atoms with Crippen LogP contribution in [0.1, 0.15) is 36.8 Å². The van der Waals surface area contributed by atoms with Gasteiger partial charge in [0.2, 0.25) is 0 Å². The number of rotatable bonds is 6. The maximum atomic E-state index is 12.1. The van der Waals surface area contributed by atoms with E-state index in [-0.39, 0.29) is 5.91 Å². The number of ether oxygens (including phenoxy) is 1. The highest BCUT2D eigenvalue weighted by Crippen LogP contribution is 2.15. The Morgan fingerprint density at radius 3 is 2.62 bits per heavy atom. The van der Waals surface area contributed by atoms with Crippen molar-refractivity contribution in [3.63, 3.8) is 0 Å². The van der Waals surface area contributed by atoms with Gasteiger partial charge in [-0.15, -0.1) is 0 Å². The zero-order valence-corrected chi connectivity index (χ0v) is 12.6. The lowest BCUT2D eigenvalue weighted by atomic mass is 10.2. The van der Waals surface area contributed by atoms with Crippen molar-refractivity contribution in [1.82, 2.24) is 10.2 Å². The summed E-state index contributed by atoms with van der Waals surface area (Å²) in [5.41, 5.74) is 1.57. The Bertz CT molecular complexity index is 588. The van der Waals surface area contributed by atoms with Crippen molar-refractivity contribution < 1.29 is 9.53 Å². The van der Waals surface area contributed by atoms with E-state index < -0.39 is 0 Å². The van der Waals surface area contributed by atoms with E-state index in [1.807, 2.05) is 13.0 Å². The van der Waals surface area contributed by atoms with Gasteiger partial charge in [-0.25, -0.2) is 0 Å². The number of aryl methyl sites for hydroxylation is 1. The summed E-state index contributed by atoms with van der Waals surface area (Å²) in [7, 11) is 0. The average molecular weight is 287 g/mol. The third kappa shape index (κ3) is 4.34. The maximum Gasteiger partial charge on any atom is 0.256 e. The van der Waals surface area contributed by atoms with Crippen LogP contribution in [0.15, 0.2) is 30.3 Å². The summed E-state index contributed by atoms with van der Waals surface area (Å²) in [5.74, 6) is 1.60. The standard InChI is InChI=1S/C16H21N3O2/c1-4-13-9-15(19-18-13)17-16(20)12-5-7-14(8-6-12)21-10-11(2)3/h5-9,11H,4,10H2,1-3H3,(H2,17,18,19,20). The van der Waals surface area contributed by atoms with E-state index in [1.165, 1.54) is 0 Å². The van der Waals surface area contributed by atoms with Gasteiger partial charge in [0.25, 0.3) is 5.91 Å². The van der Waals surface area contributed by atoms with E-state index in [1.54, 1.807) is 24.3 Å². The van der Waals surface area contributed by atoms with Crippen LogP contribution in [0.3, 0.4) is 0 Å². The number of hydrogen-bond acceptors (Lipinski definition) is 3. The SMILES string of the molecule is CCc1cc(NC(=O)c2ccc(OCC(C)C)cc2)n[nH]1. The van der Waals surface area contributed by atoms with Crippen LogP contribution in [0, 0.1) is 5.92 Å². The van der Waals surface area contributed by atoms with Crippen molar-refractivity contribution in [2.45, 2.75) is 27.2 Å². The normalized spacial score (nSPS) is 10.7. The smallest absolute Gasteiger partial charge is 0.256 e. The third-order valence-electron chi connectivity index (χ3n) is 2.95. The molecule has 2 aromatic rings. The Morgan fingerprint density at radius 2 is 2.05 bits per heavy atom. The Labute approximate surface area is 124 Å². The molecule has 0 aliphatic carbocycles. The Kier molecular flexibility index (Phi) is 4.98. The van der Waals surface area contributed by atoms with Gasteiger partial charge in [-0.05, 0) is 36.6 Å². The van der Waals surface area contributed by atoms with Crippen LogP contribution in [-0.2, 0) is 6.42 Å². The Morgan fingerprint density at radius 1 is 1.33 bits per heavy atom. The third-order valence-corrected chi connectivity index (χ3v) is 2.95. The average Bonchev–Trinajstić information content (AvgIpc) is 2.93. The Balaban J connectivity index is 1.96. The van der Waals surface area contributed by atoms with Gasteiger partial charge in [-0.2, -0.15) is 5.10 Å². The molecule has 5 heteroatoms. The van der Waals surface area contributed by atoms with Crippen LogP contribution < -0.4 is 10.1 Å². The van der Waals surface area contributed by atoms with Crippen molar-refractivity contribution in [3.05, 3.63) is 41.6 Å². The minimum atomic E-state index is -0.181. The van der Waals surface area contributed by atoms with Crippen molar-refractivity contribution in [2.75, 3.05) is 11.9 Å². The molecule has 0 saturated carbocycles. The summed E-state index contributed by atoms with van der Waals surface area (Å²) in [4.78, 5) is 12.1. The molecule has 2 rings (SSSR count). The number of aromatic nitrogens is 2. The lowest BCUT2D eigenvalue weighted by molar-refractivity contribution is 0.102. The lowest BCUT2D eigenvalue weighted by Crippen LogP contribution is -2.12. The minimum absolute atomic E-state index is 0.181. The molecule has 0 radical (unpaired) electrons. The fraction of sp³-hybridized carbons (Fsp3) is 0.375. The number of aromatic amines is 1. The summed E-state index contributed by atoms with van der Waals surface area (Å²) < 4.78 is 5.59. The summed E-state index contributed by atoms with van der Waals surface area (Å²) in [6.45, 7) is 6.88. The first-order valence-corrected chi connectivity index (χ1v) is 7.17. The second kappa shape index (κ2) is 6.92. The number of carbonyl (C=O) groups excluding carboxylic acids is 1. The van der Waals surface area contributed by atoms with Crippen LogP contribution in [0.25, 0.3) is 0 Å². The largest absolute Gasteiger partial charge is 0.493 e. The topological polar surface area (TPSA) is 67.0 Å². The molecule has 21 heavy (non-hydrogen) atoms. The molecule has 112 valence electrons. The predicted molar refractivity (Wildman–Crippen MR) is 82.7 cm³/mol. The second-order valence-corrected chi connectivity index (χ2v) is 5.32. The highest BCUT2D eigenvalue weighted by molar-refractivity contribution is 6.03. The molecule has 1 aromatic heterocycles. The molecule has 0 aliphatic heterocycles. The molecule has 0 fully saturated rings. The quantitative estimate of drug-likeness (QED) is 0.857. The molecule has 1 aromatic carbocycles. The maximum absolute atomic E-state index is 12.1. The number of H-pyrrole nitrogens is 1. The molecule has 5 nitrogen and oxygen atoms in total. The van der Waals surface area contributed by atoms with Gasteiger partial charge in [0.15, 0.2) is 5.82 Å². The van der Waals surface area contributed by atoms with Crippen molar-refractivity contribution in [1.29, 1.82) is 0 Å². The molecular weight excluding hydrogens is 266 g/mol. The highest BCUT2D eigenvalue weighted by Gasteiger charge is 2.08. The van der Waals surface area contributed by atoms with Crippen LogP contribution >= 0.6 is 0 Å². The zero-order valence-electron chi connectivity index (χ0n) is 12.6. The van der Waals surface area contributed by atoms with Crippen LogP contribution in [-0.4, -0.2) is 22.7 Å². The number of anilines is 1. The first kappa shape index (κ1) is 15.1. The molecule has 2 N–H and O–H groups in total. The number of nitrogens with one attached hydrogen (secondary N) is 2. The van der Waals surface area contributed by atoms with Crippen LogP contribution in [0.5, 0.6) is 5.75 Å². The summed E-state index contributed by atoms with van der Waals surface area (Å²) in [6, 6.07) is 8.94. The lowest BCUT2D eigenvalue weighted by Gasteiger charge is -2.09. The second-order valence-electron chi connectivity index (χ2n) is 5.32. The highest BCUT2D eigenvalue weighted by atomic mass is 16.5. The molecule has 0 unspecified atom stereocenters. The van der Waals surface area contributed by atoms with E-state index in [4.69, 9.17) is 4.74 Å². The molecule has 0 aliphatic rings. The molecule has 0 spiro atoms. The van der Waals surface area contributed by atoms with E-state index in [2.05, 4.69) is 29.4 Å². The molecule has 0 atom stereocenters. The monoisotopic (exact) mass is 287 g/mol. The first-order valence-electron chi connectivity index (χ1n) is 7.17. The fourth-order valence-corrected chi connectivity index (χ4v) is 1.76. The molecule has 0 saturated heterocycles. The van der Waals surface area contributed by atoms with Gasteiger partial charge >= 0.3 is 0 Å².